The summed E-state index contributed by atoms with van der Waals surface area (Å²) < 4.78 is 19.0. The summed E-state index contributed by atoms with van der Waals surface area (Å²) >= 11 is 1.30. The number of aliphatic hydroxyl groups is 1. The van der Waals surface area contributed by atoms with Crippen molar-refractivity contribution < 1.29 is 14.2 Å². The Morgan fingerprint density at radius 1 is 1.17 bits per heavy atom. The molecule has 0 unspecified atom stereocenters. The van der Waals surface area contributed by atoms with E-state index in [0.717, 1.165) is 4.90 Å². The van der Waals surface area contributed by atoms with Crippen molar-refractivity contribution in [3.05, 3.63) is 53.8 Å². The fraction of sp³-hybridized carbons (Fsp3) is 0.143. The first-order valence-corrected chi connectivity index (χ1v) is 6.26. The van der Waals surface area contributed by atoms with Crippen LogP contribution < -0.4 is 4.74 Å². The molecule has 2 aromatic rings. The van der Waals surface area contributed by atoms with Gasteiger partial charge in [-0.3, -0.25) is 0 Å². The van der Waals surface area contributed by atoms with Gasteiger partial charge >= 0.3 is 0 Å². The largest absolute Gasteiger partial charge is 0.496 e. The minimum atomic E-state index is -0.336. The molecule has 0 saturated heterocycles. The lowest BCUT2D eigenvalue weighted by Gasteiger charge is -2.08. The van der Waals surface area contributed by atoms with Gasteiger partial charge in [0.2, 0.25) is 0 Å². The smallest absolute Gasteiger partial charge is 0.137 e. The van der Waals surface area contributed by atoms with Crippen LogP contribution >= 0.6 is 11.8 Å². The van der Waals surface area contributed by atoms with Crippen LogP contribution in [0.4, 0.5) is 4.39 Å². The molecule has 1 N–H and O–H groups in total. The first-order chi connectivity index (χ1) is 8.74. The van der Waals surface area contributed by atoms with Gasteiger partial charge < -0.3 is 9.84 Å². The maximum atomic E-state index is 13.8. The predicted molar refractivity (Wildman–Crippen MR) is 69.4 cm³/mol. The van der Waals surface area contributed by atoms with Crippen LogP contribution in [0.5, 0.6) is 5.75 Å². The number of halogens is 1. The SMILES string of the molecule is COc1ccccc1Sc1ccc(CO)cc1F. The first-order valence-electron chi connectivity index (χ1n) is 5.44. The quantitative estimate of drug-likeness (QED) is 0.916. The molecule has 0 aromatic heterocycles. The van der Waals surface area contributed by atoms with Crippen molar-refractivity contribution in [2.75, 3.05) is 7.11 Å². The average Bonchev–Trinajstić information content (AvgIpc) is 2.41. The summed E-state index contributed by atoms with van der Waals surface area (Å²) in [6.07, 6.45) is 0. The maximum Gasteiger partial charge on any atom is 0.137 e. The third kappa shape index (κ3) is 2.83. The summed E-state index contributed by atoms with van der Waals surface area (Å²) in [6.45, 7) is -0.156. The number of hydrogen-bond donors (Lipinski definition) is 1. The lowest BCUT2D eigenvalue weighted by atomic mass is 10.2. The zero-order chi connectivity index (χ0) is 13.0. The van der Waals surface area contributed by atoms with Crippen molar-refractivity contribution in [3.8, 4) is 5.75 Å². The number of methoxy groups -OCH3 is 1. The van der Waals surface area contributed by atoms with E-state index in [1.165, 1.54) is 17.8 Å². The third-order valence-electron chi connectivity index (χ3n) is 2.47. The van der Waals surface area contributed by atoms with E-state index in [2.05, 4.69) is 0 Å². The van der Waals surface area contributed by atoms with Crippen LogP contribution in [0.25, 0.3) is 0 Å². The Kier molecular flexibility index (Phi) is 4.23. The molecule has 0 aliphatic heterocycles. The van der Waals surface area contributed by atoms with Crippen LogP contribution in [-0.4, -0.2) is 12.2 Å². The van der Waals surface area contributed by atoms with E-state index in [9.17, 15) is 4.39 Å². The lowest BCUT2D eigenvalue weighted by molar-refractivity contribution is 0.281. The second-order valence-corrected chi connectivity index (χ2v) is 4.76. The minimum Gasteiger partial charge on any atom is -0.496 e. The van der Waals surface area contributed by atoms with Crippen molar-refractivity contribution in [2.24, 2.45) is 0 Å². The van der Waals surface area contributed by atoms with Gasteiger partial charge in [0.25, 0.3) is 0 Å². The Morgan fingerprint density at radius 2 is 1.94 bits per heavy atom. The summed E-state index contributed by atoms with van der Waals surface area (Å²) in [4.78, 5) is 1.37. The van der Waals surface area contributed by atoms with Gasteiger partial charge in [-0.15, -0.1) is 0 Å². The summed E-state index contributed by atoms with van der Waals surface area (Å²) in [6, 6.07) is 12.2. The normalized spacial score (nSPS) is 10.4. The van der Waals surface area contributed by atoms with Gasteiger partial charge in [-0.25, -0.2) is 4.39 Å². The number of aliphatic hydroxyl groups excluding tert-OH is 1. The van der Waals surface area contributed by atoms with Gasteiger partial charge in [0.15, 0.2) is 0 Å². The fourth-order valence-corrected chi connectivity index (χ4v) is 2.48. The van der Waals surface area contributed by atoms with E-state index in [0.29, 0.717) is 16.2 Å². The first kappa shape index (κ1) is 12.9. The molecule has 2 aromatic carbocycles. The standard InChI is InChI=1S/C14H13FO2S/c1-17-12-4-2-3-5-14(12)18-13-7-6-10(9-16)8-11(13)15/h2-8,16H,9H2,1H3. The van der Waals surface area contributed by atoms with Gasteiger partial charge in [0.05, 0.1) is 18.6 Å². The van der Waals surface area contributed by atoms with Gasteiger partial charge in [0.1, 0.15) is 11.6 Å². The zero-order valence-electron chi connectivity index (χ0n) is 9.89. The molecule has 2 nitrogen and oxygen atoms in total. The number of ether oxygens (including phenoxy) is 1. The van der Waals surface area contributed by atoms with Gasteiger partial charge in [-0.05, 0) is 29.8 Å². The number of benzene rings is 2. The van der Waals surface area contributed by atoms with Crippen LogP contribution in [0, 0.1) is 5.82 Å². The Hall–Kier alpha value is -1.52. The maximum absolute atomic E-state index is 13.8. The van der Waals surface area contributed by atoms with E-state index in [-0.39, 0.29) is 12.4 Å². The molecule has 4 heteroatoms. The highest BCUT2D eigenvalue weighted by molar-refractivity contribution is 7.99. The van der Waals surface area contributed by atoms with E-state index in [4.69, 9.17) is 9.84 Å². The monoisotopic (exact) mass is 264 g/mol. The molecule has 18 heavy (non-hydrogen) atoms. The predicted octanol–water partition coefficient (Wildman–Crippen LogP) is 3.48. The van der Waals surface area contributed by atoms with E-state index >= 15 is 0 Å². The van der Waals surface area contributed by atoms with Gasteiger partial charge in [0, 0.05) is 4.90 Å². The molecule has 0 spiro atoms. The number of para-hydroxylation sites is 1. The molecule has 2 rings (SSSR count). The highest BCUT2D eigenvalue weighted by Gasteiger charge is 2.08. The highest BCUT2D eigenvalue weighted by atomic mass is 32.2. The van der Waals surface area contributed by atoms with E-state index in [1.54, 1.807) is 19.2 Å². The molecule has 0 atom stereocenters. The van der Waals surface area contributed by atoms with Crippen molar-refractivity contribution in [1.29, 1.82) is 0 Å². The van der Waals surface area contributed by atoms with Crippen molar-refractivity contribution in [1.82, 2.24) is 0 Å². The molecule has 0 saturated carbocycles. The Bertz CT molecular complexity index is 543. The second kappa shape index (κ2) is 5.89. The van der Waals surface area contributed by atoms with Crippen molar-refractivity contribution in [2.45, 2.75) is 16.4 Å². The van der Waals surface area contributed by atoms with Crippen molar-refractivity contribution >= 4 is 11.8 Å². The Labute approximate surface area is 109 Å². The molecular formula is C14H13FO2S. The van der Waals surface area contributed by atoms with E-state index < -0.39 is 0 Å². The molecule has 0 aliphatic rings. The molecule has 0 radical (unpaired) electrons. The summed E-state index contributed by atoms with van der Waals surface area (Å²) in [7, 11) is 1.59. The zero-order valence-corrected chi connectivity index (χ0v) is 10.7. The van der Waals surface area contributed by atoms with Crippen LogP contribution in [0.1, 0.15) is 5.56 Å². The summed E-state index contributed by atoms with van der Waals surface area (Å²) in [5.74, 6) is 0.380. The van der Waals surface area contributed by atoms with Crippen LogP contribution in [0.3, 0.4) is 0 Å². The van der Waals surface area contributed by atoms with Crippen LogP contribution in [0.2, 0.25) is 0 Å². The van der Waals surface area contributed by atoms with Gasteiger partial charge in [-0.1, -0.05) is 30.0 Å². The van der Waals surface area contributed by atoms with Crippen molar-refractivity contribution in [3.63, 3.8) is 0 Å². The average molecular weight is 264 g/mol. The minimum absolute atomic E-state index is 0.156. The Balaban J connectivity index is 2.28. The van der Waals surface area contributed by atoms with E-state index in [1.807, 2.05) is 24.3 Å². The fourth-order valence-electron chi connectivity index (χ4n) is 1.55. The molecule has 0 fully saturated rings. The number of rotatable bonds is 4. The third-order valence-corrected chi connectivity index (χ3v) is 3.58. The molecular weight excluding hydrogens is 251 g/mol. The molecule has 0 heterocycles. The lowest BCUT2D eigenvalue weighted by Crippen LogP contribution is -1.89. The van der Waals surface area contributed by atoms with Crippen LogP contribution in [-0.2, 0) is 6.61 Å². The molecule has 0 amide bonds. The van der Waals surface area contributed by atoms with Gasteiger partial charge in [-0.2, -0.15) is 0 Å². The van der Waals surface area contributed by atoms with Crippen LogP contribution in [0.15, 0.2) is 52.3 Å². The topological polar surface area (TPSA) is 29.5 Å². The summed E-state index contributed by atoms with van der Waals surface area (Å²) in [5.41, 5.74) is 0.567. The Morgan fingerprint density at radius 3 is 2.61 bits per heavy atom. The number of hydrogen-bond acceptors (Lipinski definition) is 3. The second-order valence-electron chi connectivity index (χ2n) is 3.68. The highest BCUT2D eigenvalue weighted by Crippen LogP contribution is 2.36. The molecule has 0 aliphatic carbocycles. The molecule has 94 valence electrons. The summed E-state index contributed by atoms with van der Waals surface area (Å²) in [5, 5.41) is 8.93. The molecule has 0 bridgehead atoms.